The van der Waals surface area contributed by atoms with Crippen LogP contribution in [0.2, 0.25) is 0 Å². The fraction of sp³-hybridized carbons (Fsp3) is 0.500. The highest BCUT2D eigenvalue weighted by atomic mass is 32.2. The molecule has 0 spiro atoms. The summed E-state index contributed by atoms with van der Waals surface area (Å²) in [7, 11) is 0. The maximum absolute atomic E-state index is 12.1. The van der Waals surface area contributed by atoms with Crippen LogP contribution in [0.1, 0.15) is 32.6 Å². The lowest BCUT2D eigenvalue weighted by atomic mass is 9.86. The van der Waals surface area contributed by atoms with E-state index in [4.69, 9.17) is 4.42 Å². The Morgan fingerprint density at radius 2 is 2.26 bits per heavy atom. The molecular weight excluding hydrogens is 312 g/mol. The van der Waals surface area contributed by atoms with Crippen molar-refractivity contribution in [3.63, 3.8) is 0 Å². The Kier molecular flexibility index (Phi) is 5.27. The number of hydrogen-bond acceptors (Lipinski definition) is 6. The van der Waals surface area contributed by atoms with Crippen LogP contribution in [-0.2, 0) is 4.79 Å². The number of nitrogens with zero attached hydrogens (tertiary/aromatic N) is 3. The molecule has 23 heavy (non-hydrogen) atoms. The number of nitrogens with one attached hydrogen (secondary N) is 1. The van der Waals surface area contributed by atoms with Crippen LogP contribution in [0.25, 0.3) is 11.5 Å². The number of carbonyl (C=O) groups is 1. The highest BCUT2D eigenvalue weighted by Gasteiger charge is 2.23. The van der Waals surface area contributed by atoms with Gasteiger partial charge < -0.3 is 9.73 Å². The van der Waals surface area contributed by atoms with Gasteiger partial charge in [-0.15, -0.1) is 10.2 Å². The van der Waals surface area contributed by atoms with E-state index in [1.165, 1.54) is 31.0 Å². The standard InChI is InChI=1S/C16H20N4O2S/c1-11-5-2-3-7-13(11)18-14(21)10-23-16-20-19-15(22-16)12-6-4-8-17-9-12/h4,6,8-9,11,13H,2-3,5,7,10H2,1H3,(H,18,21)/t11-,13+/m1/s1. The molecule has 1 aliphatic rings. The van der Waals surface area contributed by atoms with Gasteiger partial charge in [-0.1, -0.05) is 31.5 Å². The van der Waals surface area contributed by atoms with Crippen LogP contribution in [-0.4, -0.2) is 32.9 Å². The van der Waals surface area contributed by atoms with E-state index in [2.05, 4.69) is 27.4 Å². The Hall–Kier alpha value is -1.89. The molecule has 0 radical (unpaired) electrons. The predicted molar refractivity (Wildman–Crippen MR) is 87.8 cm³/mol. The van der Waals surface area contributed by atoms with Crippen LogP contribution in [0, 0.1) is 5.92 Å². The zero-order valence-corrected chi connectivity index (χ0v) is 13.9. The first-order valence-electron chi connectivity index (χ1n) is 7.88. The minimum Gasteiger partial charge on any atom is -0.411 e. The van der Waals surface area contributed by atoms with Gasteiger partial charge in [0.05, 0.1) is 11.3 Å². The normalized spacial score (nSPS) is 21.1. The Balaban J connectivity index is 1.50. The van der Waals surface area contributed by atoms with Crippen LogP contribution >= 0.6 is 11.8 Å². The van der Waals surface area contributed by atoms with Gasteiger partial charge in [0, 0.05) is 18.4 Å². The number of amides is 1. The first-order chi connectivity index (χ1) is 11.2. The summed E-state index contributed by atoms with van der Waals surface area (Å²) in [6, 6.07) is 3.96. The van der Waals surface area contributed by atoms with Gasteiger partial charge in [0.2, 0.25) is 11.8 Å². The summed E-state index contributed by atoms with van der Waals surface area (Å²) in [5.41, 5.74) is 0.771. The lowest BCUT2D eigenvalue weighted by Gasteiger charge is -2.29. The quantitative estimate of drug-likeness (QED) is 0.848. The maximum Gasteiger partial charge on any atom is 0.277 e. The second-order valence-corrected chi connectivity index (χ2v) is 6.77. The van der Waals surface area contributed by atoms with Gasteiger partial charge >= 0.3 is 0 Å². The molecule has 0 unspecified atom stereocenters. The van der Waals surface area contributed by atoms with Crippen LogP contribution in [0.4, 0.5) is 0 Å². The van der Waals surface area contributed by atoms with Crippen molar-refractivity contribution in [2.24, 2.45) is 5.92 Å². The smallest absolute Gasteiger partial charge is 0.277 e. The summed E-state index contributed by atoms with van der Waals surface area (Å²) in [6.07, 6.45) is 8.08. The minimum absolute atomic E-state index is 0.0230. The molecule has 2 aromatic rings. The molecule has 1 N–H and O–H groups in total. The van der Waals surface area contributed by atoms with Crippen molar-refractivity contribution in [2.45, 2.75) is 43.9 Å². The number of hydrogen-bond donors (Lipinski definition) is 1. The van der Waals surface area contributed by atoms with Gasteiger partial charge in [-0.2, -0.15) is 0 Å². The van der Waals surface area contributed by atoms with Crippen LogP contribution < -0.4 is 5.32 Å². The molecule has 0 aliphatic heterocycles. The Labute approximate surface area is 139 Å². The third-order valence-corrected chi connectivity index (χ3v) is 4.92. The van der Waals surface area contributed by atoms with Gasteiger partial charge in [-0.3, -0.25) is 9.78 Å². The van der Waals surface area contributed by atoms with E-state index in [1.54, 1.807) is 12.4 Å². The van der Waals surface area contributed by atoms with Crippen LogP contribution in [0.3, 0.4) is 0 Å². The summed E-state index contributed by atoms with van der Waals surface area (Å²) < 4.78 is 5.55. The number of pyridine rings is 1. The molecule has 1 aliphatic carbocycles. The topological polar surface area (TPSA) is 80.9 Å². The Morgan fingerprint density at radius 1 is 1.39 bits per heavy atom. The number of rotatable bonds is 5. The molecule has 2 aromatic heterocycles. The molecule has 6 nitrogen and oxygen atoms in total. The van der Waals surface area contributed by atoms with Crippen molar-refractivity contribution in [3.8, 4) is 11.5 Å². The predicted octanol–water partition coefficient (Wildman–Crippen LogP) is 2.92. The van der Waals surface area contributed by atoms with E-state index >= 15 is 0 Å². The molecule has 2 atom stereocenters. The minimum atomic E-state index is 0.0230. The monoisotopic (exact) mass is 332 g/mol. The van der Waals surface area contributed by atoms with Crippen molar-refractivity contribution >= 4 is 17.7 Å². The molecule has 0 aromatic carbocycles. The van der Waals surface area contributed by atoms with Gasteiger partial charge in [0.25, 0.3) is 5.22 Å². The molecule has 122 valence electrons. The largest absolute Gasteiger partial charge is 0.411 e. The van der Waals surface area contributed by atoms with Crippen molar-refractivity contribution in [1.29, 1.82) is 0 Å². The number of aromatic nitrogens is 3. The summed E-state index contributed by atoms with van der Waals surface area (Å²) in [6.45, 7) is 2.20. The molecule has 0 saturated heterocycles. The van der Waals surface area contributed by atoms with E-state index in [9.17, 15) is 4.79 Å². The number of carbonyl (C=O) groups excluding carboxylic acids is 1. The van der Waals surface area contributed by atoms with E-state index < -0.39 is 0 Å². The van der Waals surface area contributed by atoms with Crippen molar-refractivity contribution in [3.05, 3.63) is 24.5 Å². The molecule has 1 fully saturated rings. The lowest BCUT2D eigenvalue weighted by Crippen LogP contribution is -2.41. The molecule has 2 heterocycles. The molecule has 1 amide bonds. The maximum atomic E-state index is 12.1. The summed E-state index contributed by atoms with van der Waals surface area (Å²) >= 11 is 1.26. The van der Waals surface area contributed by atoms with Crippen molar-refractivity contribution in [1.82, 2.24) is 20.5 Å². The van der Waals surface area contributed by atoms with E-state index in [1.807, 2.05) is 12.1 Å². The zero-order chi connectivity index (χ0) is 16.1. The highest BCUT2D eigenvalue weighted by molar-refractivity contribution is 7.99. The van der Waals surface area contributed by atoms with Crippen molar-refractivity contribution in [2.75, 3.05) is 5.75 Å². The number of thioether (sulfide) groups is 1. The second kappa shape index (κ2) is 7.59. The average molecular weight is 332 g/mol. The second-order valence-electron chi connectivity index (χ2n) is 5.84. The third-order valence-electron chi connectivity index (χ3n) is 4.10. The first-order valence-corrected chi connectivity index (χ1v) is 8.87. The Bertz CT molecular complexity index is 647. The molecule has 3 rings (SSSR count). The van der Waals surface area contributed by atoms with Crippen LogP contribution in [0.15, 0.2) is 34.2 Å². The molecule has 1 saturated carbocycles. The summed E-state index contributed by atoms with van der Waals surface area (Å²) in [5.74, 6) is 1.29. The molecule has 0 bridgehead atoms. The van der Waals surface area contributed by atoms with Gasteiger partial charge in [0.1, 0.15) is 0 Å². The van der Waals surface area contributed by atoms with Gasteiger partial charge in [-0.05, 0) is 30.9 Å². The average Bonchev–Trinajstić information content (AvgIpc) is 3.05. The summed E-state index contributed by atoms with van der Waals surface area (Å²) in [4.78, 5) is 16.1. The molecular formula is C16H20N4O2S. The fourth-order valence-electron chi connectivity index (χ4n) is 2.78. The third kappa shape index (κ3) is 4.31. The SMILES string of the molecule is C[C@@H]1CCCC[C@@H]1NC(=O)CSc1nnc(-c2cccnc2)o1. The van der Waals surface area contributed by atoms with E-state index in [-0.39, 0.29) is 11.7 Å². The van der Waals surface area contributed by atoms with E-state index in [0.717, 1.165) is 12.0 Å². The molecule has 7 heteroatoms. The highest BCUT2D eigenvalue weighted by Crippen LogP contribution is 2.25. The first kappa shape index (κ1) is 16.0. The zero-order valence-electron chi connectivity index (χ0n) is 13.1. The van der Waals surface area contributed by atoms with Crippen molar-refractivity contribution < 1.29 is 9.21 Å². The summed E-state index contributed by atoms with van der Waals surface area (Å²) in [5, 5.41) is 11.5. The van der Waals surface area contributed by atoms with Crippen LogP contribution in [0.5, 0.6) is 0 Å². The fourth-order valence-corrected chi connectivity index (χ4v) is 3.35. The Morgan fingerprint density at radius 3 is 3.04 bits per heavy atom. The van der Waals surface area contributed by atoms with Gasteiger partial charge in [0.15, 0.2) is 0 Å². The lowest BCUT2D eigenvalue weighted by molar-refractivity contribution is -0.119. The van der Waals surface area contributed by atoms with E-state index in [0.29, 0.717) is 23.1 Å². The van der Waals surface area contributed by atoms with Gasteiger partial charge in [-0.25, -0.2) is 0 Å².